The van der Waals surface area contributed by atoms with E-state index in [-0.39, 0.29) is 6.42 Å². The first-order valence-electron chi connectivity index (χ1n) is 6.02. The lowest BCUT2D eigenvalue weighted by Gasteiger charge is -2.09. The van der Waals surface area contributed by atoms with Crippen LogP contribution in [0.25, 0.3) is 0 Å². The van der Waals surface area contributed by atoms with Crippen molar-refractivity contribution >= 4 is 17.7 Å². The fourth-order valence-corrected chi connectivity index (χ4v) is 2.57. The van der Waals surface area contributed by atoms with Crippen LogP contribution in [0.15, 0.2) is 0 Å². The van der Waals surface area contributed by atoms with Gasteiger partial charge in [0.25, 0.3) is 0 Å². The number of rotatable bonds is 6. The Hall–Kier alpha value is -1.10. The van der Waals surface area contributed by atoms with Crippen LogP contribution in [0.2, 0.25) is 0 Å². The van der Waals surface area contributed by atoms with Gasteiger partial charge in [0.15, 0.2) is 0 Å². The van der Waals surface area contributed by atoms with E-state index in [1.165, 1.54) is 0 Å². The van der Waals surface area contributed by atoms with E-state index in [1.807, 2.05) is 25.6 Å². The summed E-state index contributed by atoms with van der Waals surface area (Å²) in [6.07, 6.45) is -0.00289. The lowest BCUT2D eigenvalue weighted by Crippen LogP contribution is -2.09. The molecule has 1 heterocycles. The monoisotopic (exact) mass is 268 g/mol. The maximum atomic E-state index is 10.7. The quantitative estimate of drug-likeness (QED) is 0.859. The van der Waals surface area contributed by atoms with Crippen molar-refractivity contribution in [2.24, 2.45) is 5.92 Å². The minimum atomic E-state index is -0.841. The highest BCUT2D eigenvalue weighted by Gasteiger charge is 2.11. The fourth-order valence-electron chi connectivity index (χ4n) is 1.67. The second-order valence-electron chi connectivity index (χ2n) is 4.77. The van der Waals surface area contributed by atoms with Gasteiger partial charge in [0.05, 0.1) is 12.2 Å². The van der Waals surface area contributed by atoms with Gasteiger partial charge in [0.1, 0.15) is 5.82 Å². The van der Waals surface area contributed by atoms with Crippen molar-refractivity contribution in [3.8, 4) is 0 Å². The molecule has 0 aliphatic carbocycles. The molecule has 0 aliphatic rings. The van der Waals surface area contributed by atoms with Crippen molar-refractivity contribution < 1.29 is 9.90 Å². The average molecular weight is 268 g/mol. The highest BCUT2D eigenvalue weighted by atomic mass is 32.2. The molecular weight excluding hydrogens is 248 g/mol. The number of carbonyl (C=O) groups is 1. The molecule has 0 atom stereocenters. The standard InChI is InChI=1S/C13H20N2O2S/c1-8(2)6-18-7-12-14-9(3)11(5-13(16)17)10(4)15-12/h8H,5-7H2,1-4H3,(H,16,17). The van der Waals surface area contributed by atoms with Crippen molar-refractivity contribution in [2.75, 3.05) is 5.75 Å². The molecule has 5 heteroatoms. The predicted octanol–water partition coefficient (Wildman–Crippen LogP) is 2.61. The molecule has 0 fully saturated rings. The van der Waals surface area contributed by atoms with Crippen LogP contribution >= 0.6 is 11.8 Å². The summed E-state index contributed by atoms with van der Waals surface area (Å²) >= 11 is 1.81. The summed E-state index contributed by atoms with van der Waals surface area (Å²) in [6.45, 7) is 8.06. The topological polar surface area (TPSA) is 63.1 Å². The molecule has 0 amide bonds. The van der Waals surface area contributed by atoms with Crippen LogP contribution in [0.3, 0.4) is 0 Å². The van der Waals surface area contributed by atoms with Crippen LogP contribution < -0.4 is 0 Å². The summed E-state index contributed by atoms with van der Waals surface area (Å²) in [4.78, 5) is 19.5. The summed E-state index contributed by atoms with van der Waals surface area (Å²) < 4.78 is 0. The Bertz CT molecular complexity index is 410. The molecule has 0 bridgehead atoms. The molecule has 0 unspecified atom stereocenters. The predicted molar refractivity (Wildman–Crippen MR) is 73.8 cm³/mol. The molecule has 0 saturated heterocycles. The van der Waals surface area contributed by atoms with Crippen LogP contribution in [0.4, 0.5) is 0 Å². The van der Waals surface area contributed by atoms with Crippen molar-refractivity contribution in [3.63, 3.8) is 0 Å². The molecule has 0 radical (unpaired) electrons. The van der Waals surface area contributed by atoms with Gasteiger partial charge in [-0.3, -0.25) is 4.79 Å². The Morgan fingerprint density at radius 3 is 2.28 bits per heavy atom. The van der Waals surface area contributed by atoms with Gasteiger partial charge in [-0.15, -0.1) is 0 Å². The lowest BCUT2D eigenvalue weighted by molar-refractivity contribution is -0.136. The Balaban J connectivity index is 2.76. The second-order valence-corrected chi connectivity index (χ2v) is 5.80. The van der Waals surface area contributed by atoms with Gasteiger partial charge in [0.2, 0.25) is 0 Å². The van der Waals surface area contributed by atoms with Gasteiger partial charge in [-0.2, -0.15) is 11.8 Å². The van der Waals surface area contributed by atoms with E-state index in [1.54, 1.807) is 0 Å². The number of thioether (sulfide) groups is 1. The van der Waals surface area contributed by atoms with E-state index in [9.17, 15) is 4.79 Å². The third-order valence-electron chi connectivity index (χ3n) is 2.48. The molecule has 4 nitrogen and oxygen atoms in total. The van der Waals surface area contributed by atoms with Gasteiger partial charge < -0.3 is 5.11 Å². The summed E-state index contributed by atoms with van der Waals surface area (Å²) in [7, 11) is 0. The van der Waals surface area contributed by atoms with E-state index < -0.39 is 5.97 Å². The molecule has 1 aromatic heterocycles. The Morgan fingerprint density at radius 1 is 1.28 bits per heavy atom. The van der Waals surface area contributed by atoms with Gasteiger partial charge in [-0.25, -0.2) is 9.97 Å². The number of aromatic nitrogens is 2. The van der Waals surface area contributed by atoms with Gasteiger partial charge >= 0.3 is 5.97 Å². The first kappa shape index (κ1) is 15.0. The van der Waals surface area contributed by atoms with Crippen LogP contribution in [-0.2, 0) is 17.0 Å². The van der Waals surface area contributed by atoms with Gasteiger partial charge in [-0.1, -0.05) is 13.8 Å². The molecule has 18 heavy (non-hydrogen) atoms. The van der Waals surface area contributed by atoms with E-state index in [0.717, 1.165) is 34.3 Å². The first-order chi connectivity index (χ1) is 8.40. The Morgan fingerprint density at radius 2 is 1.83 bits per heavy atom. The largest absolute Gasteiger partial charge is 0.481 e. The van der Waals surface area contributed by atoms with Crippen LogP contribution in [0.1, 0.15) is 36.6 Å². The average Bonchev–Trinajstić information content (AvgIpc) is 2.22. The minimum Gasteiger partial charge on any atom is -0.481 e. The van der Waals surface area contributed by atoms with E-state index >= 15 is 0 Å². The molecule has 0 aliphatic heterocycles. The number of hydrogen-bond donors (Lipinski definition) is 1. The Kier molecular flexibility index (Phi) is 5.59. The number of carboxylic acids is 1. The Labute approximate surface area is 112 Å². The van der Waals surface area contributed by atoms with Crippen molar-refractivity contribution in [1.29, 1.82) is 0 Å². The summed E-state index contributed by atoms with van der Waals surface area (Å²) in [5.41, 5.74) is 2.30. The molecule has 1 rings (SSSR count). The smallest absolute Gasteiger partial charge is 0.307 e. The van der Waals surface area contributed by atoms with Crippen LogP contribution in [0.5, 0.6) is 0 Å². The van der Waals surface area contributed by atoms with E-state index in [2.05, 4.69) is 23.8 Å². The van der Waals surface area contributed by atoms with Crippen LogP contribution in [0, 0.1) is 19.8 Å². The molecule has 0 aromatic carbocycles. The molecular formula is C13H20N2O2S. The summed E-state index contributed by atoms with van der Waals surface area (Å²) in [6, 6.07) is 0. The van der Waals surface area contributed by atoms with E-state index in [4.69, 9.17) is 5.11 Å². The van der Waals surface area contributed by atoms with Gasteiger partial charge in [0, 0.05) is 17.0 Å². The number of aliphatic carboxylic acids is 1. The lowest BCUT2D eigenvalue weighted by atomic mass is 10.1. The van der Waals surface area contributed by atoms with E-state index in [0.29, 0.717) is 5.92 Å². The third-order valence-corrected chi connectivity index (χ3v) is 3.84. The number of carboxylic acid groups (broad SMARTS) is 1. The maximum absolute atomic E-state index is 10.7. The van der Waals surface area contributed by atoms with Crippen molar-refractivity contribution in [1.82, 2.24) is 9.97 Å². The number of hydrogen-bond acceptors (Lipinski definition) is 4. The highest BCUT2D eigenvalue weighted by molar-refractivity contribution is 7.98. The maximum Gasteiger partial charge on any atom is 0.307 e. The van der Waals surface area contributed by atoms with Crippen molar-refractivity contribution in [3.05, 3.63) is 22.8 Å². The minimum absolute atomic E-state index is 0.00289. The number of aryl methyl sites for hydroxylation is 2. The third kappa shape index (κ3) is 4.64. The normalized spacial score (nSPS) is 10.9. The second kappa shape index (κ2) is 6.73. The molecule has 0 spiro atoms. The summed E-state index contributed by atoms with van der Waals surface area (Å²) in [5, 5.41) is 8.83. The zero-order chi connectivity index (χ0) is 13.7. The number of nitrogens with zero attached hydrogens (tertiary/aromatic N) is 2. The molecule has 1 aromatic rings. The first-order valence-corrected chi connectivity index (χ1v) is 7.18. The molecule has 100 valence electrons. The molecule has 1 N–H and O–H groups in total. The molecule has 0 saturated carbocycles. The zero-order valence-electron chi connectivity index (χ0n) is 11.4. The van der Waals surface area contributed by atoms with Gasteiger partial charge in [-0.05, 0) is 25.5 Å². The highest BCUT2D eigenvalue weighted by Crippen LogP contribution is 2.16. The van der Waals surface area contributed by atoms with Crippen LogP contribution in [-0.4, -0.2) is 26.8 Å². The zero-order valence-corrected chi connectivity index (χ0v) is 12.2. The van der Waals surface area contributed by atoms with Crippen molar-refractivity contribution in [2.45, 2.75) is 39.9 Å². The summed E-state index contributed by atoms with van der Waals surface area (Å²) in [5.74, 6) is 2.48. The fraction of sp³-hybridized carbons (Fsp3) is 0.615. The SMILES string of the molecule is Cc1nc(CSCC(C)C)nc(C)c1CC(=O)O.